The number of nitrogens with zero attached hydrogens (tertiary/aromatic N) is 2. The highest BCUT2D eigenvalue weighted by molar-refractivity contribution is 6.02. The van der Waals surface area contributed by atoms with Crippen LogP contribution in [-0.4, -0.2) is 5.96 Å². The lowest BCUT2D eigenvalue weighted by Gasteiger charge is -2.23. The van der Waals surface area contributed by atoms with Gasteiger partial charge in [-0.05, 0) is 36.4 Å². The molecule has 0 fully saturated rings. The van der Waals surface area contributed by atoms with Crippen molar-refractivity contribution in [3.8, 4) is 0 Å². The van der Waals surface area contributed by atoms with Crippen LogP contribution in [0.4, 0.5) is 17.1 Å². The van der Waals surface area contributed by atoms with E-state index in [9.17, 15) is 0 Å². The van der Waals surface area contributed by atoms with Gasteiger partial charge in [-0.3, -0.25) is 4.90 Å². The molecule has 2 N–H and O–H groups in total. The maximum atomic E-state index is 6.29. The van der Waals surface area contributed by atoms with Crippen LogP contribution in [0.5, 0.6) is 0 Å². The predicted molar refractivity (Wildman–Crippen MR) is 100.0 cm³/mol. The molecule has 0 aliphatic rings. The molecule has 3 rings (SSSR count). The fraction of sp³-hybridized carbons (Fsp3) is 0. The Balaban J connectivity index is 0.00000192. The molecule has 0 radical (unpaired) electrons. The van der Waals surface area contributed by atoms with E-state index in [2.05, 4.69) is 4.99 Å². The van der Waals surface area contributed by atoms with Gasteiger partial charge in [0, 0.05) is 11.4 Å². The molecule has 0 aliphatic carbocycles. The normalized spacial score (nSPS) is 10.7. The van der Waals surface area contributed by atoms with Gasteiger partial charge in [-0.1, -0.05) is 54.6 Å². The molecular weight excluding hydrogens is 306 g/mol. The molecule has 23 heavy (non-hydrogen) atoms. The largest absolute Gasteiger partial charge is 0.369 e. The average molecular weight is 324 g/mol. The highest BCUT2D eigenvalue weighted by atomic mass is 35.5. The molecule has 0 aromatic heterocycles. The third-order valence-corrected chi connectivity index (χ3v) is 3.26. The van der Waals surface area contributed by atoms with Crippen LogP contribution in [0.1, 0.15) is 0 Å². The molecule has 0 aliphatic heterocycles. The first kappa shape index (κ1) is 16.6. The van der Waals surface area contributed by atoms with Crippen molar-refractivity contribution in [2.45, 2.75) is 0 Å². The second-order valence-corrected chi connectivity index (χ2v) is 4.81. The molecule has 3 aromatic rings. The zero-order chi connectivity index (χ0) is 15.2. The summed E-state index contributed by atoms with van der Waals surface area (Å²) in [5.41, 5.74) is 9.08. The fourth-order valence-corrected chi connectivity index (χ4v) is 2.25. The van der Waals surface area contributed by atoms with Gasteiger partial charge < -0.3 is 5.73 Å². The minimum atomic E-state index is 0. The smallest absolute Gasteiger partial charge is 0.205 e. The number of halogens is 1. The lowest BCUT2D eigenvalue weighted by Crippen LogP contribution is -2.33. The third kappa shape index (κ3) is 4.11. The highest BCUT2D eigenvalue weighted by Crippen LogP contribution is 2.25. The van der Waals surface area contributed by atoms with Crippen molar-refractivity contribution >= 4 is 35.4 Å². The Labute approximate surface area is 142 Å². The molecule has 0 spiro atoms. The summed E-state index contributed by atoms with van der Waals surface area (Å²) in [5, 5.41) is 0. The van der Waals surface area contributed by atoms with E-state index >= 15 is 0 Å². The van der Waals surface area contributed by atoms with Crippen LogP contribution < -0.4 is 10.6 Å². The van der Waals surface area contributed by atoms with E-state index in [1.54, 1.807) is 0 Å². The quantitative estimate of drug-likeness (QED) is 0.550. The van der Waals surface area contributed by atoms with E-state index < -0.39 is 0 Å². The number of para-hydroxylation sites is 3. The molecule has 4 heteroatoms. The molecular formula is C19H18ClN3. The van der Waals surface area contributed by atoms with Crippen LogP contribution in [-0.2, 0) is 0 Å². The summed E-state index contributed by atoms with van der Waals surface area (Å²) >= 11 is 0. The molecule has 0 unspecified atom stereocenters. The van der Waals surface area contributed by atoms with Crippen molar-refractivity contribution in [3.05, 3.63) is 91.0 Å². The third-order valence-electron chi connectivity index (χ3n) is 3.26. The number of aliphatic imine (C=N–C) groups is 1. The number of benzene rings is 3. The number of guanidine groups is 1. The first-order valence-electron chi connectivity index (χ1n) is 7.14. The minimum absolute atomic E-state index is 0. The zero-order valence-electron chi connectivity index (χ0n) is 12.5. The van der Waals surface area contributed by atoms with Crippen molar-refractivity contribution in [2.75, 3.05) is 4.90 Å². The Kier molecular flexibility index (Phi) is 5.78. The van der Waals surface area contributed by atoms with Crippen molar-refractivity contribution in [3.63, 3.8) is 0 Å². The van der Waals surface area contributed by atoms with Crippen molar-refractivity contribution in [1.82, 2.24) is 0 Å². The molecule has 0 amide bonds. The lowest BCUT2D eigenvalue weighted by atomic mass is 10.2. The summed E-state index contributed by atoms with van der Waals surface area (Å²) in [4.78, 5) is 6.47. The fourth-order valence-electron chi connectivity index (χ4n) is 2.25. The van der Waals surface area contributed by atoms with E-state index in [1.807, 2.05) is 95.9 Å². The van der Waals surface area contributed by atoms with E-state index in [-0.39, 0.29) is 12.4 Å². The summed E-state index contributed by atoms with van der Waals surface area (Å²) in [6, 6.07) is 29.7. The number of rotatable bonds is 3. The van der Waals surface area contributed by atoms with Gasteiger partial charge in [0.25, 0.3) is 0 Å². The van der Waals surface area contributed by atoms with E-state index in [0.717, 1.165) is 17.1 Å². The van der Waals surface area contributed by atoms with Crippen LogP contribution in [0.2, 0.25) is 0 Å². The molecule has 0 heterocycles. The topological polar surface area (TPSA) is 41.6 Å². The summed E-state index contributed by atoms with van der Waals surface area (Å²) < 4.78 is 0. The van der Waals surface area contributed by atoms with Gasteiger partial charge in [-0.2, -0.15) is 0 Å². The van der Waals surface area contributed by atoms with Crippen LogP contribution in [0.25, 0.3) is 0 Å². The van der Waals surface area contributed by atoms with Gasteiger partial charge in [0.2, 0.25) is 5.96 Å². The molecule has 0 atom stereocenters. The SMILES string of the molecule is Cl.NC(=Nc1ccccc1)N(c1ccccc1)c1ccccc1. The molecule has 0 bridgehead atoms. The molecule has 3 aromatic carbocycles. The van der Waals surface area contributed by atoms with Gasteiger partial charge in [0.1, 0.15) is 0 Å². The minimum Gasteiger partial charge on any atom is -0.369 e. The van der Waals surface area contributed by atoms with Gasteiger partial charge in [-0.15, -0.1) is 12.4 Å². The van der Waals surface area contributed by atoms with E-state index in [4.69, 9.17) is 5.73 Å². The van der Waals surface area contributed by atoms with Gasteiger partial charge >= 0.3 is 0 Å². The maximum absolute atomic E-state index is 6.29. The summed E-state index contributed by atoms with van der Waals surface area (Å²) in [7, 11) is 0. The second-order valence-electron chi connectivity index (χ2n) is 4.81. The first-order valence-corrected chi connectivity index (χ1v) is 7.14. The number of anilines is 2. The molecule has 3 nitrogen and oxygen atoms in total. The average Bonchev–Trinajstić information content (AvgIpc) is 2.58. The van der Waals surface area contributed by atoms with Crippen LogP contribution in [0.15, 0.2) is 96.0 Å². The number of nitrogens with two attached hydrogens (primary N) is 1. The van der Waals surface area contributed by atoms with Gasteiger partial charge in [0.05, 0.1) is 5.69 Å². The lowest BCUT2D eigenvalue weighted by molar-refractivity contribution is 1.28. The Hall–Kier alpha value is -2.78. The van der Waals surface area contributed by atoms with Gasteiger partial charge in [-0.25, -0.2) is 4.99 Å². The maximum Gasteiger partial charge on any atom is 0.205 e. The molecule has 0 saturated carbocycles. The van der Waals surface area contributed by atoms with Crippen LogP contribution in [0, 0.1) is 0 Å². The van der Waals surface area contributed by atoms with Crippen molar-refractivity contribution < 1.29 is 0 Å². The summed E-state index contributed by atoms with van der Waals surface area (Å²) in [6.45, 7) is 0. The Bertz CT molecular complexity index is 704. The van der Waals surface area contributed by atoms with Crippen LogP contribution in [0.3, 0.4) is 0 Å². The van der Waals surface area contributed by atoms with Crippen molar-refractivity contribution in [1.29, 1.82) is 0 Å². The van der Waals surface area contributed by atoms with Crippen molar-refractivity contribution in [2.24, 2.45) is 10.7 Å². The Morgan fingerprint density at radius 2 is 1.04 bits per heavy atom. The molecule has 0 saturated heterocycles. The monoisotopic (exact) mass is 323 g/mol. The zero-order valence-corrected chi connectivity index (χ0v) is 13.4. The first-order chi connectivity index (χ1) is 10.8. The summed E-state index contributed by atoms with van der Waals surface area (Å²) in [6.07, 6.45) is 0. The number of hydrogen-bond donors (Lipinski definition) is 1. The predicted octanol–water partition coefficient (Wildman–Crippen LogP) is 4.89. The highest BCUT2D eigenvalue weighted by Gasteiger charge is 2.12. The Morgan fingerprint density at radius 1 is 0.652 bits per heavy atom. The Morgan fingerprint density at radius 3 is 1.48 bits per heavy atom. The van der Waals surface area contributed by atoms with E-state index in [1.165, 1.54) is 0 Å². The summed E-state index contributed by atoms with van der Waals surface area (Å²) in [5.74, 6) is 0.434. The molecule has 116 valence electrons. The number of hydrogen-bond acceptors (Lipinski definition) is 1. The van der Waals surface area contributed by atoms with E-state index in [0.29, 0.717) is 5.96 Å². The van der Waals surface area contributed by atoms with Gasteiger partial charge in [0.15, 0.2) is 0 Å². The second kappa shape index (κ2) is 8.01. The van der Waals surface area contributed by atoms with Crippen LogP contribution >= 0.6 is 12.4 Å². The standard InChI is InChI=1S/C19H17N3.ClH/c20-19(21-16-10-4-1-5-11-16)22(17-12-6-2-7-13-17)18-14-8-3-9-15-18;/h1-15H,(H2,20,21);1H.